The Balaban J connectivity index is 2.13. The fraction of sp³-hybridized carbons (Fsp3) is 0.355. The van der Waals surface area contributed by atoms with Crippen molar-refractivity contribution in [2.24, 2.45) is 0 Å². The lowest BCUT2D eigenvalue weighted by molar-refractivity contribution is -0.140. The minimum absolute atomic E-state index is 0.00907. The van der Waals surface area contributed by atoms with E-state index in [1.807, 2.05) is 57.2 Å². The molecule has 220 valence electrons. The molecule has 0 radical (unpaired) electrons. The molecule has 0 bridgehead atoms. The molecule has 0 aliphatic rings. The molecule has 0 unspecified atom stereocenters. The van der Waals surface area contributed by atoms with E-state index in [2.05, 4.69) is 5.32 Å². The van der Waals surface area contributed by atoms with Gasteiger partial charge in [0.2, 0.25) is 21.8 Å². The van der Waals surface area contributed by atoms with Gasteiger partial charge in [-0.2, -0.15) is 0 Å². The summed E-state index contributed by atoms with van der Waals surface area (Å²) in [7, 11) is -3.86. The Labute approximate surface area is 253 Å². The van der Waals surface area contributed by atoms with E-state index in [9.17, 15) is 18.0 Å². The number of anilines is 1. The number of sulfonamides is 1. The molecule has 0 aromatic heterocycles. The Morgan fingerprint density at radius 1 is 0.878 bits per heavy atom. The number of nitrogens with one attached hydrogen (secondary N) is 1. The van der Waals surface area contributed by atoms with Crippen LogP contribution >= 0.6 is 23.2 Å². The maximum atomic E-state index is 14.2. The van der Waals surface area contributed by atoms with Crippen LogP contribution in [0.1, 0.15) is 43.0 Å². The lowest BCUT2D eigenvalue weighted by atomic mass is 10.0. The molecule has 1 N–H and O–H groups in total. The van der Waals surface area contributed by atoms with E-state index in [4.69, 9.17) is 23.2 Å². The summed E-state index contributed by atoms with van der Waals surface area (Å²) in [6, 6.07) is 18.9. The molecule has 0 saturated heterocycles. The highest BCUT2D eigenvalue weighted by atomic mass is 35.5. The Hall–Kier alpha value is -3.07. The third-order valence-corrected chi connectivity index (χ3v) is 8.33. The minimum atomic E-state index is -3.86. The summed E-state index contributed by atoms with van der Waals surface area (Å²) in [6.07, 6.45) is 1.29. The third-order valence-electron chi connectivity index (χ3n) is 6.47. The second kappa shape index (κ2) is 13.3. The molecular weight excluding hydrogens is 581 g/mol. The largest absolute Gasteiger partial charge is 0.350 e. The molecule has 41 heavy (non-hydrogen) atoms. The summed E-state index contributed by atoms with van der Waals surface area (Å²) in [5, 5.41) is 3.67. The van der Waals surface area contributed by atoms with E-state index in [-0.39, 0.29) is 18.9 Å². The Morgan fingerprint density at radius 2 is 1.49 bits per heavy atom. The minimum Gasteiger partial charge on any atom is -0.350 e. The van der Waals surface area contributed by atoms with E-state index in [1.165, 1.54) is 4.90 Å². The summed E-state index contributed by atoms with van der Waals surface area (Å²) in [5.74, 6) is -0.887. The zero-order valence-corrected chi connectivity index (χ0v) is 26.6. The smallest absolute Gasteiger partial charge is 0.244 e. The lowest BCUT2D eigenvalue weighted by Gasteiger charge is -2.35. The van der Waals surface area contributed by atoms with Crippen molar-refractivity contribution in [3.8, 4) is 0 Å². The summed E-state index contributed by atoms with van der Waals surface area (Å²) >= 11 is 12.4. The summed E-state index contributed by atoms with van der Waals surface area (Å²) in [5.41, 5.74) is 2.80. The maximum Gasteiger partial charge on any atom is 0.244 e. The first-order chi connectivity index (χ1) is 19.1. The van der Waals surface area contributed by atoms with Crippen LogP contribution in [0.4, 0.5) is 5.69 Å². The van der Waals surface area contributed by atoms with Crippen molar-refractivity contribution in [2.75, 3.05) is 17.1 Å². The van der Waals surface area contributed by atoms with Gasteiger partial charge in [-0.1, -0.05) is 77.8 Å². The van der Waals surface area contributed by atoms with Crippen LogP contribution < -0.4 is 9.62 Å². The topological polar surface area (TPSA) is 86.8 Å². The van der Waals surface area contributed by atoms with Crippen molar-refractivity contribution in [2.45, 2.75) is 59.2 Å². The fourth-order valence-electron chi connectivity index (χ4n) is 4.62. The molecule has 0 fully saturated rings. The number of hydrogen-bond acceptors (Lipinski definition) is 4. The van der Waals surface area contributed by atoms with Crippen LogP contribution in [0.3, 0.4) is 0 Å². The standard InChI is InChI=1S/C31H37Cl2N3O4S/c1-21-11-10-12-22(2)29(21)36(41(6,39)40)20-28(37)35(19-24-15-16-25(32)26(33)17-24)27(30(38)34-31(3,4)5)18-23-13-8-7-9-14-23/h7-17,27H,18-20H2,1-6H3,(H,34,38)/t27-/m0/s1. The van der Waals surface area contributed by atoms with E-state index in [0.717, 1.165) is 16.1 Å². The van der Waals surface area contributed by atoms with Crippen LogP contribution in [-0.4, -0.2) is 49.5 Å². The number of nitrogens with zero attached hydrogens (tertiary/aromatic N) is 2. The molecule has 0 heterocycles. The number of carbonyl (C=O) groups is 2. The monoisotopic (exact) mass is 617 g/mol. The number of benzene rings is 3. The van der Waals surface area contributed by atoms with Crippen LogP contribution in [0.2, 0.25) is 10.0 Å². The SMILES string of the molecule is Cc1cccc(C)c1N(CC(=O)N(Cc1ccc(Cl)c(Cl)c1)[C@@H](Cc1ccccc1)C(=O)NC(C)(C)C)S(C)(=O)=O. The zero-order valence-electron chi connectivity index (χ0n) is 24.2. The highest BCUT2D eigenvalue weighted by Crippen LogP contribution is 2.28. The predicted molar refractivity (Wildman–Crippen MR) is 167 cm³/mol. The van der Waals surface area contributed by atoms with E-state index < -0.39 is 34.1 Å². The molecule has 3 rings (SSSR count). The van der Waals surface area contributed by atoms with Crippen molar-refractivity contribution in [3.05, 3.63) is 99.0 Å². The van der Waals surface area contributed by atoms with Gasteiger partial charge in [-0.05, 0) is 69.0 Å². The molecule has 3 aromatic rings. The number of rotatable bonds is 10. The normalized spacial score (nSPS) is 12.5. The summed E-state index contributed by atoms with van der Waals surface area (Å²) in [4.78, 5) is 29.5. The van der Waals surface area contributed by atoms with Gasteiger partial charge in [-0.15, -0.1) is 0 Å². The van der Waals surface area contributed by atoms with Crippen LogP contribution in [0.15, 0.2) is 66.7 Å². The van der Waals surface area contributed by atoms with Crippen molar-refractivity contribution >= 4 is 50.7 Å². The van der Waals surface area contributed by atoms with Gasteiger partial charge in [0.1, 0.15) is 12.6 Å². The van der Waals surface area contributed by atoms with Gasteiger partial charge in [0.15, 0.2) is 0 Å². The molecule has 3 aromatic carbocycles. The molecule has 0 saturated carbocycles. The molecule has 1 atom stereocenters. The number of carbonyl (C=O) groups excluding carboxylic acids is 2. The van der Waals surface area contributed by atoms with E-state index in [0.29, 0.717) is 32.4 Å². The molecule has 2 amide bonds. The van der Waals surface area contributed by atoms with Gasteiger partial charge in [0, 0.05) is 18.5 Å². The van der Waals surface area contributed by atoms with Crippen molar-refractivity contribution in [3.63, 3.8) is 0 Å². The van der Waals surface area contributed by atoms with E-state index >= 15 is 0 Å². The number of aryl methyl sites for hydroxylation is 2. The molecule has 0 aliphatic carbocycles. The third kappa shape index (κ3) is 8.96. The molecular formula is C31H37Cl2N3O4S. The lowest BCUT2D eigenvalue weighted by Crippen LogP contribution is -2.56. The number of halogens is 2. The molecule has 7 nitrogen and oxygen atoms in total. The van der Waals surface area contributed by atoms with E-state index in [1.54, 1.807) is 44.2 Å². The van der Waals surface area contributed by atoms with Crippen LogP contribution in [0.5, 0.6) is 0 Å². The average molecular weight is 619 g/mol. The molecule has 0 aliphatic heterocycles. The Kier molecular flexibility index (Phi) is 10.5. The van der Waals surface area contributed by atoms with Crippen LogP contribution in [0.25, 0.3) is 0 Å². The first kappa shape index (κ1) is 32.4. The zero-order chi connectivity index (χ0) is 30.5. The fourth-order valence-corrected chi connectivity index (χ4v) is 5.90. The second-order valence-corrected chi connectivity index (χ2v) is 13.9. The van der Waals surface area contributed by atoms with Gasteiger partial charge < -0.3 is 10.2 Å². The first-order valence-corrected chi connectivity index (χ1v) is 15.8. The van der Waals surface area contributed by atoms with Crippen molar-refractivity contribution in [1.82, 2.24) is 10.2 Å². The predicted octanol–water partition coefficient (Wildman–Crippen LogP) is 5.93. The summed E-state index contributed by atoms with van der Waals surface area (Å²) < 4.78 is 27.2. The second-order valence-electron chi connectivity index (χ2n) is 11.2. The average Bonchev–Trinajstić information content (AvgIpc) is 2.86. The van der Waals surface area contributed by atoms with Crippen molar-refractivity contribution in [1.29, 1.82) is 0 Å². The highest BCUT2D eigenvalue weighted by molar-refractivity contribution is 7.92. The summed E-state index contributed by atoms with van der Waals surface area (Å²) in [6.45, 7) is 8.71. The number of hydrogen-bond donors (Lipinski definition) is 1. The Bertz CT molecular complexity index is 1490. The first-order valence-electron chi connectivity index (χ1n) is 13.2. The van der Waals surface area contributed by atoms with Gasteiger partial charge >= 0.3 is 0 Å². The Morgan fingerprint density at radius 3 is 2.02 bits per heavy atom. The van der Waals surface area contributed by atoms with Gasteiger partial charge in [-0.3, -0.25) is 13.9 Å². The quantitative estimate of drug-likeness (QED) is 0.305. The molecule has 0 spiro atoms. The van der Waals surface area contributed by atoms with Gasteiger partial charge in [0.05, 0.1) is 22.0 Å². The highest BCUT2D eigenvalue weighted by Gasteiger charge is 2.35. The van der Waals surface area contributed by atoms with Crippen LogP contribution in [0, 0.1) is 13.8 Å². The number of para-hydroxylation sites is 1. The van der Waals surface area contributed by atoms with Crippen molar-refractivity contribution < 1.29 is 18.0 Å². The van der Waals surface area contributed by atoms with Crippen LogP contribution in [-0.2, 0) is 32.6 Å². The number of amides is 2. The maximum absolute atomic E-state index is 14.2. The van der Waals surface area contributed by atoms with Gasteiger partial charge in [-0.25, -0.2) is 8.42 Å². The molecule has 10 heteroatoms. The van der Waals surface area contributed by atoms with Gasteiger partial charge in [0.25, 0.3) is 0 Å².